The number of rotatable bonds is 6. The molecule has 27 heavy (non-hydrogen) atoms. The van der Waals surface area contributed by atoms with Gasteiger partial charge in [0.2, 0.25) is 0 Å². The third-order valence-electron chi connectivity index (χ3n) is 4.48. The van der Waals surface area contributed by atoms with Crippen molar-refractivity contribution in [2.45, 2.75) is 12.8 Å². The molecule has 0 spiro atoms. The van der Waals surface area contributed by atoms with Crippen LogP contribution in [-0.2, 0) is 4.74 Å². The van der Waals surface area contributed by atoms with Gasteiger partial charge >= 0.3 is 0 Å². The number of pyridine rings is 1. The number of hydrogen-bond acceptors (Lipinski definition) is 7. The number of carbonyl (C=O) groups is 1. The lowest BCUT2D eigenvalue weighted by Gasteiger charge is -2.20. The van der Waals surface area contributed by atoms with Crippen molar-refractivity contribution in [2.24, 2.45) is 5.92 Å². The quantitative estimate of drug-likeness (QED) is 0.634. The summed E-state index contributed by atoms with van der Waals surface area (Å²) in [5.74, 6) is 0.651. The molecule has 1 aliphatic heterocycles. The first-order valence-corrected chi connectivity index (χ1v) is 9.57. The van der Waals surface area contributed by atoms with E-state index < -0.39 is 0 Å². The molecule has 1 aliphatic rings. The first kappa shape index (κ1) is 17.6. The average Bonchev–Trinajstić information content (AvgIpc) is 3.38. The van der Waals surface area contributed by atoms with Gasteiger partial charge in [0.25, 0.3) is 0 Å². The van der Waals surface area contributed by atoms with Crippen LogP contribution < -0.4 is 5.32 Å². The number of Topliss-reactive ketones (excluding diaryl/α,β-unsaturated/α-hetero) is 1. The average molecular weight is 381 g/mol. The van der Waals surface area contributed by atoms with Crippen molar-refractivity contribution in [2.75, 3.05) is 18.5 Å². The smallest absolute Gasteiger partial charge is 0.188 e. The van der Waals surface area contributed by atoms with E-state index in [4.69, 9.17) is 9.15 Å². The number of ketones is 1. The fraction of sp³-hybridized carbons (Fsp3) is 0.250. The number of aromatic nitrogens is 2. The molecule has 4 heterocycles. The van der Waals surface area contributed by atoms with Crippen LogP contribution in [0.2, 0.25) is 0 Å². The van der Waals surface area contributed by atoms with E-state index in [-0.39, 0.29) is 11.7 Å². The van der Waals surface area contributed by atoms with E-state index in [9.17, 15) is 4.79 Å². The Hall–Kier alpha value is -2.77. The summed E-state index contributed by atoms with van der Waals surface area (Å²) in [6, 6.07) is 7.34. The van der Waals surface area contributed by atoms with Crippen LogP contribution in [0.15, 0.2) is 53.9 Å². The number of nitrogens with one attached hydrogen (secondary N) is 1. The molecular formula is C20H19N3O3S. The zero-order valence-corrected chi connectivity index (χ0v) is 15.5. The van der Waals surface area contributed by atoms with Gasteiger partial charge in [-0.3, -0.25) is 9.78 Å². The van der Waals surface area contributed by atoms with Crippen molar-refractivity contribution in [1.29, 1.82) is 0 Å². The molecule has 0 aliphatic carbocycles. The van der Waals surface area contributed by atoms with Crippen LogP contribution in [0.3, 0.4) is 0 Å². The van der Waals surface area contributed by atoms with Crippen LogP contribution in [0, 0.1) is 5.92 Å². The van der Waals surface area contributed by atoms with Gasteiger partial charge in [-0.15, -0.1) is 0 Å². The fourth-order valence-corrected chi connectivity index (χ4v) is 4.04. The standard InChI is InChI=1S/C20H19N3O3S/c1-13(14-4-8-21-9-5-14)22-20-23-17(16-3-2-10-26-16)19(27-20)18(24)15-6-11-25-12-7-15/h2-5,8-10,15H,1,6-7,11-12H2,(H,22,23). The number of ether oxygens (including phenoxy) is 1. The normalized spacial score (nSPS) is 14.8. The highest BCUT2D eigenvalue weighted by atomic mass is 32.1. The minimum Gasteiger partial charge on any atom is -0.463 e. The Kier molecular flexibility index (Phi) is 5.13. The highest BCUT2D eigenvalue weighted by Crippen LogP contribution is 2.36. The molecule has 0 bridgehead atoms. The number of hydrogen-bond donors (Lipinski definition) is 1. The second-order valence-electron chi connectivity index (χ2n) is 6.26. The molecule has 1 saturated heterocycles. The maximum atomic E-state index is 13.1. The molecule has 0 aromatic carbocycles. The molecule has 3 aromatic heterocycles. The number of nitrogens with zero attached hydrogens (tertiary/aromatic N) is 2. The van der Waals surface area contributed by atoms with Gasteiger partial charge < -0.3 is 14.5 Å². The van der Waals surface area contributed by atoms with Crippen molar-refractivity contribution < 1.29 is 13.9 Å². The van der Waals surface area contributed by atoms with Crippen molar-refractivity contribution in [1.82, 2.24) is 9.97 Å². The van der Waals surface area contributed by atoms with Gasteiger partial charge in [-0.1, -0.05) is 17.9 Å². The number of furan rings is 1. The van der Waals surface area contributed by atoms with Crippen molar-refractivity contribution in [3.63, 3.8) is 0 Å². The Bertz CT molecular complexity index is 929. The third-order valence-corrected chi connectivity index (χ3v) is 5.47. The predicted octanol–water partition coefficient (Wildman–Crippen LogP) is 4.49. The largest absolute Gasteiger partial charge is 0.463 e. The van der Waals surface area contributed by atoms with Crippen molar-refractivity contribution in [3.8, 4) is 11.5 Å². The Morgan fingerprint density at radius 2 is 2.00 bits per heavy atom. The third kappa shape index (κ3) is 3.84. The van der Waals surface area contributed by atoms with E-state index >= 15 is 0 Å². The van der Waals surface area contributed by atoms with E-state index in [1.165, 1.54) is 11.3 Å². The molecule has 3 aromatic rings. The van der Waals surface area contributed by atoms with E-state index in [1.54, 1.807) is 24.7 Å². The highest BCUT2D eigenvalue weighted by Gasteiger charge is 2.29. The van der Waals surface area contributed by atoms with Gasteiger partial charge in [0.15, 0.2) is 16.7 Å². The van der Waals surface area contributed by atoms with Gasteiger partial charge in [-0.25, -0.2) is 4.98 Å². The number of carbonyl (C=O) groups excluding carboxylic acids is 1. The maximum absolute atomic E-state index is 13.1. The van der Waals surface area contributed by atoms with Gasteiger partial charge in [-0.05, 0) is 37.1 Å². The van der Waals surface area contributed by atoms with E-state index in [2.05, 4.69) is 21.9 Å². The molecule has 0 atom stereocenters. The van der Waals surface area contributed by atoms with Crippen LogP contribution in [0.5, 0.6) is 0 Å². The summed E-state index contributed by atoms with van der Waals surface area (Å²) in [6.07, 6.45) is 6.47. The summed E-state index contributed by atoms with van der Waals surface area (Å²) in [4.78, 5) is 22.3. The minimum absolute atomic E-state index is 0.0378. The van der Waals surface area contributed by atoms with Crippen LogP contribution in [-0.4, -0.2) is 29.0 Å². The lowest BCUT2D eigenvalue weighted by Crippen LogP contribution is -2.23. The Labute approximate surface area is 160 Å². The zero-order valence-electron chi connectivity index (χ0n) is 14.7. The summed E-state index contributed by atoms with van der Waals surface area (Å²) >= 11 is 1.33. The molecular weight excluding hydrogens is 362 g/mol. The van der Waals surface area contributed by atoms with Crippen LogP contribution in [0.4, 0.5) is 5.13 Å². The van der Waals surface area contributed by atoms with E-state index in [0.717, 1.165) is 18.4 Å². The SMILES string of the molecule is C=C(Nc1nc(-c2ccco2)c(C(=O)C2CCOCC2)s1)c1ccncc1. The zero-order chi connectivity index (χ0) is 18.6. The molecule has 4 rings (SSSR count). The first-order chi connectivity index (χ1) is 13.2. The molecule has 6 nitrogen and oxygen atoms in total. The predicted molar refractivity (Wildman–Crippen MR) is 105 cm³/mol. The van der Waals surface area contributed by atoms with Crippen molar-refractivity contribution >= 4 is 27.9 Å². The van der Waals surface area contributed by atoms with Gasteiger partial charge in [0.1, 0.15) is 10.6 Å². The maximum Gasteiger partial charge on any atom is 0.188 e. The second-order valence-corrected chi connectivity index (χ2v) is 7.26. The van der Waals surface area contributed by atoms with Crippen LogP contribution in [0.25, 0.3) is 17.2 Å². The Morgan fingerprint density at radius 1 is 1.22 bits per heavy atom. The summed E-state index contributed by atoms with van der Waals surface area (Å²) in [6.45, 7) is 5.30. The minimum atomic E-state index is -0.0378. The molecule has 138 valence electrons. The monoisotopic (exact) mass is 381 g/mol. The Balaban J connectivity index is 1.63. The molecule has 1 fully saturated rings. The summed E-state index contributed by atoms with van der Waals surface area (Å²) in [7, 11) is 0. The van der Waals surface area contributed by atoms with Gasteiger partial charge in [0.05, 0.1) is 6.26 Å². The van der Waals surface area contributed by atoms with Crippen molar-refractivity contribution in [3.05, 3.63) is 59.9 Å². The molecule has 0 saturated carbocycles. The van der Waals surface area contributed by atoms with Crippen LogP contribution >= 0.6 is 11.3 Å². The second kappa shape index (κ2) is 7.85. The summed E-state index contributed by atoms with van der Waals surface area (Å²) in [5.41, 5.74) is 2.19. The van der Waals surface area contributed by atoms with Gasteiger partial charge in [0, 0.05) is 42.8 Å². The van der Waals surface area contributed by atoms with E-state index in [0.29, 0.717) is 40.4 Å². The lowest BCUT2D eigenvalue weighted by molar-refractivity contribution is 0.0547. The fourth-order valence-electron chi connectivity index (χ4n) is 3.02. The van der Waals surface area contributed by atoms with E-state index in [1.807, 2.05) is 18.2 Å². The molecule has 0 amide bonds. The van der Waals surface area contributed by atoms with Crippen LogP contribution in [0.1, 0.15) is 28.1 Å². The number of anilines is 1. The molecule has 0 unspecified atom stereocenters. The highest BCUT2D eigenvalue weighted by molar-refractivity contribution is 7.18. The van der Waals surface area contributed by atoms with Gasteiger partial charge in [-0.2, -0.15) is 0 Å². The topological polar surface area (TPSA) is 77.2 Å². The first-order valence-electron chi connectivity index (χ1n) is 8.75. The number of thiazole rings is 1. The summed E-state index contributed by atoms with van der Waals surface area (Å²) in [5, 5.41) is 3.82. The summed E-state index contributed by atoms with van der Waals surface area (Å²) < 4.78 is 10.9. The molecule has 1 N–H and O–H groups in total. The molecule has 0 radical (unpaired) electrons. The lowest BCUT2D eigenvalue weighted by atomic mass is 9.94. The molecule has 7 heteroatoms. The Morgan fingerprint density at radius 3 is 2.70 bits per heavy atom.